The van der Waals surface area contributed by atoms with Gasteiger partial charge in [0.25, 0.3) is 0 Å². The number of halogens is 1. The molecular weight excluding hydrogens is 243 g/mol. The number of nitrogens with zero attached hydrogens (tertiary/aromatic N) is 1. The third-order valence-electron chi connectivity index (χ3n) is 2.75. The number of rotatable bonds is 9. The molecule has 0 aromatic carbocycles. The molecule has 0 saturated heterocycles. The Hall–Kier alpha value is -1.16. The molecule has 1 aromatic rings. The van der Waals surface area contributed by atoms with E-state index in [2.05, 4.69) is 31.1 Å². The highest BCUT2D eigenvalue weighted by Gasteiger charge is 2.07. The van der Waals surface area contributed by atoms with E-state index in [-0.39, 0.29) is 5.82 Å². The average Bonchev–Trinajstić information content (AvgIpc) is 2.36. The van der Waals surface area contributed by atoms with Gasteiger partial charge in [0.05, 0.1) is 12.8 Å². The zero-order valence-electron chi connectivity index (χ0n) is 12.2. The van der Waals surface area contributed by atoms with Crippen molar-refractivity contribution in [2.75, 3.05) is 13.2 Å². The van der Waals surface area contributed by atoms with Crippen LogP contribution in [0.4, 0.5) is 4.39 Å². The number of pyridine rings is 1. The molecule has 0 atom stereocenters. The quantitative estimate of drug-likeness (QED) is 0.696. The van der Waals surface area contributed by atoms with Crippen LogP contribution in [0.2, 0.25) is 0 Å². The first-order chi connectivity index (χ1) is 9.13. The fourth-order valence-corrected chi connectivity index (χ4v) is 1.74. The topological polar surface area (TPSA) is 34.1 Å². The Labute approximate surface area is 115 Å². The Morgan fingerprint density at radius 2 is 2.16 bits per heavy atom. The Balaban J connectivity index is 2.53. The van der Waals surface area contributed by atoms with E-state index in [9.17, 15) is 4.39 Å². The fraction of sp³-hybridized carbons (Fsp3) is 0.667. The molecule has 1 N–H and O–H groups in total. The second-order valence-electron chi connectivity index (χ2n) is 5.20. The molecule has 0 radical (unpaired) electrons. The highest BCUT2D eigenvalue weighted by molar-refractivity contribution is 5.26. The van der Waals surface area contributed by atoms with Gasteiger partial charge in [-0.1, -0.05) is 33.6 Å². The Kier molecular flexibility index (Phi) is 7.41. The highest BCUT2D eigenvalue weighted by Crippen LogP contribution is 2.16. The summed E-state index contributed by atoms with van der Waals surface area (Å²) in [4.78, 5) is 4.04. The van der Waals surface area contributed by atoms with Crippen molar-refractivity contribution < 1.29 is 9.13 Å². The van der Waals surface area contributed by atoms with Gasteiger partial charge in [0.2, 0.25) is 5.88 Å². The van der Waals surface area contributed by atoms with Gasteiger partial charge in [0.15, 0.2) is 0 Å². The third kappa shape index (κ3) is 6.53. The summed E-state index contributed by atoms with van der Waals surface area (Å²) in [6.45, 7) is 8.55. The van der Waals surface area contributed by atoms with E-state index in [1.54, 1.807) is 0 Å². The van der Waals surface area contributed by atoms with Crippen LogP contribution in [0.15, 0.2) is 12.3 Å². The number of hydrogen-bond donors (Lipinski definition) is 1. The summed E-state index contributed by atoms with van der Waals surface area (Å²) in [5.41, 5.74) is 0.789. The lowest BCUT2D eigenvalue weighted by Crippen LogP contribution is -2.20. The van der Waals surface area contributed by atoms with Crippen molar-refractivity contribution in [1.82, 2.24) is 10.3 Å². The van der Waals surface area contributed by atoms with Gasteiger partial charge in [0, 0.05) is 12.1 Å². The SMILES string of the molecule is CCCCCOc1ncc(F)cc1CNCC(C)C. The molecule has 4 heteroatoms. The minimum Gasteiger partial charge on any atom is -0.477 e. The van der Waals surface area contributed by atoms with Crippen molar-refractivity contribution in [3.8, 4) is 5.88 Å². The van der Waals surface area contributed by atoms with Crippen molar-refractivity contribution in [2.24, 2.45) is 5.92 Å². The number of hydrogen-bond acceptors (Lipinski definition) is 3. The van der Waals surface area contributed by atoms with Crippen LogP contribution in [0.5, 0.6) is 5.88 Å². The Morgan fingerprint density at radius 3 is 2.84 bits per heavy atom. The molecule has 1 heterocycles. The maximum Gasteiger partial charge on any atom is 0.218 e. The van der Waals surface area contributed by atoms with Crippen molar-refractivity contribution >= 4 is 0 Å². The number of aromatic nitrogens is 1. The lowest BCUT2D eigenvalue weighted by molar-refractivity contribution is 0.289. The minimum atomic E-state index is -0.317. The average molecular weight is 268 g/mol. The Bertz CT molecular complexity index is 369. The molecule has 0 aliphatic carbocycles. The maximum atomic E-state index is 13.2. The largest absolute Gasteiger partial charge is 0.477 e. The molecule has 0 spiro atoms. The molecule has 0 saturated carbocycles. The predicted octanol–water partition coefficient (Wildman–Crippen LogP) is 3.54. The smallest absolute Gasteiger partial charge is 0.218 e. The molecule has 0 aliphatic heterocycles. The summed E-state index contributed by atoms with van der Waals surface area (Å²) in [5, 5.41) is 3.28. The van der Waals surface area contributed by atoms with Crippen molar-refractivity contribution in [1.29, 1.82) is 0 Å². The first kappa shape index (κ1) is 15.9. The number of unbranched alkanes of at least 4 members (excludes halogenated alkanes) is 2. The molecule has 0 bridgehead atoms. The Morgan fingerprint density at radius 1 is 1.37 bits per heavy atom. The molecule has 108 valence electrons. The zero-order chi connectivity index (χ0) is 14.1. The van der Waals surface area contributed by atoms with E-state index in [1.165, 1.54) is 12.3 Å². The normalized spacial score (nSPS) is 11.0. The van der Waals surface area contributed by atoms with Gasteiger partial charge in [-0.25, -0.2) is 9.37 Å². The van der Waals surface area contributed by atoms with E-state index in [0.717, 1.165) is 31.4 Å². The van der Waals surface area contributed by atoms with Crippen LogP contribution in [0.3, 0.4) is 0 Å². The summed E-state index contributed by atoms with van der Waals surface area (Å²) >= 11 is 0. The number of ether oxygens (including phenoxy) is 1. The summed E-state index contributed by atoms with van der Waals surface area (Å²) in [6.07, 6.45) is 4.51. The molecule has 3 nitrogen and oxygen atoms in total. The highest BCUT2D eigenvalue weighted by atomic mass is 19.1. The fourth-order valence-electron chi connectivity index (χ4n) is 1.74. The van der Waals surface area contributed by atoms with Crippen molar-refractivity contribution in [3.05, 3.63) is 23.6 Å². The number of nitrogens with one attached hydrogen (secondary N) is 1. The molecule has 0 fully saturated rings. The van der Waals surface area contributed by atoms with Crippen LogP contribution in [0, 0.1) is 11.7 Å². The monoisotopic (exact) mass is 268 g/mol. The molecule has 1 aromatic heterocycles. The van der Waals surface area contributed by atoms with Gasteiger partial charge in [-0.2, -0.15) is 0 Å². The van der Waals surface area contributed by atoms with Crippen LogP contribution in [0.25, 0.3) is 0 Å². The van der Waals surface area contributed by atoms with Crippen LogP contribution in [-0.2, 0) is 6.54 Å². The second-order valence-corrected chi connectivity index (χ2v) is 5.20. The third-order valence-corrected chi connectivity index (χ3v) is 2.75. The first-order valence-electron chi connectivity index (χ1n) is 7.11. The molecule has 19 heavy (non-hydrogen) atoms. The van der Waals surface area contributed by atoms with Gasteiger partial charge in [-0.05, 0) is 24.9 Å². The summed E-state index contributed by atoms with van der Waals surface area (Å²) < 4.78 is 18.9. The van der Waals surface area contributed by atoms with Crippen molar-refractivity contribution in [2.45, 2.75) is 46.6 Å². The van der Waals surface area contributed by atoms with Crippen molar-refractivity contribution in [3.63, 3.8) is 0 Å². The van der Waals surface area contributed by atoms with Gasteiger partial charge < -0.3 is 10.1 Å². The lowest BCUT2D eigenvalue weighted by atomic mass is 10.2. The molecular formula is C15H25FN2O. The van der Waals surface area contributed by atoms with E-state index in [1.807, 2.05) is 0 Å². The van der Waals surface area contributed by atoms with Gasteiger partial charge in [0.1, 0.15) is 5.82 Å². The summed E-state index contributed by atoms with van der Waals surface area (Å²) in [7, 11) is 0. The van der Waals surface area contributed by atoms with Crippen LogP contribution < -0.4 is 10.1 Å². The van der Waals surface area contributed by atoms with Gasteiger partial charge in [-0.3, -0.25) is 0 Å². The van der Waals surface area contributed by atoms with E-state index >= 15 is 0 Å². The van der Waals surface area contributed by atoms with Crippen LogP contribution in [0.1, 0.15) is 45.6 Å². The summed E-state index contributed by atoms with van der Waals surface area (Å²) in [6, 6.07) is 1.50. The van der Waals surface area contributed by atoms with E-state index in [0.29, 0.717) is 24.9 Å². The van der Waals surface area contributed by atoms with Crippen LogP contribution in [-0.4, -0.2) is 18.1 Å². The van der Waals surface area contributed by atoms with E-state index in [4.69, 9.17) is 4.74 Å². The summed E-state index contributed by atoms with van der Waals surface area (Å²) in [5.74, 6) is 0.798. The van der Waals surface area contributed by atoms with Gasteiger partial charge in [-0.15, -0.1) is 0 Å². The standard InChI is InChI=1S/C15H25FN2O/c1-4-5-6-7-19-15-13(8-14(16)11-18-15)10-17-9-12(2)3/h8,11-12,17H,4-7,9-10H2,1-3H3. The first-order valence-corrected chi connectivity index (χ1v) is 7.11. The van der Waals surface area contributed by atoms with Gasteiger partial charge >= 0.3 is 0 Å². The van der Waals surface area contributed by atoms with Crippen LogP contribution >= 0.6 is 0 Å². The molecule has 0 unspecified atom stereocenters. The minimum absolute atomic E-state index is 0.317. The molecule has 0 amide bonds. The second kappa shape index (κ2) is 8.86. The maximum absolute atomic E-state index is 13.2. The van der Waals surface area contributed by atoms with E-state index < -0.39 is 0 Å². The molecule has 1 rings (SSSR count). The lowest BCUT2D eigenvalue weighted by Gasteiger charge is -2.12. The predicted molar refractivity (Wildman–Crippen MR) is 75.8 cm³/mol. The molecule has 0 aliphatic rings. The zero-order valence-corrected chi connectivity index (χ0v) is 12.2.